The summed E-state index contributed by atoms with van der Waals surface area (Å²) in [4.78, 5) is 0. The number of methoxy groups -OCH3 is 2. The Kier molecular flexibility index (Phi) is 4.86. The van der Waals surface area contributed by atoms with Gasteiger partial charge in [-0.05, 0) is 13.0 Å². The molecule has 2 rings (SSSR count). The topological polar surface area (TPSA) is 60.0 Å². The first kappa shape index (κ1) is 15.1. The molecule has 0 bridgehead atoms. The van der Waals surface area contributed by atoms with Crippen LogP contribution >= 0.6 is 0 Å². The van der Waals surface area contributed by atoms with E-state index in [9.17, 15) is 5.11 Å². The van der Waals surface area contributed by atoms with Crippen molar-refractivity contribution < 1.29 is 19.3 Å². The SMILES string of the molecule is COc1cccc(CNCC2(O)CCOC2C)c1OC. The van der Waals surface area contributed by atoms with Gasteiger partial charge in [0.05, 0.1) is 20.3 Å². The zero-order chi connectivity index (χ0) is 14.6. The molecule has 0 saturated carbocycles. The van der Waals surface area contributed by atoms with E-state index in [1.54, 1.807) is 14.2 Å². The van der Waals surface area contributed by atoms with E-state index in [4.69, 9.17) is 14.2 Å². The molecule has 0 amide bonds. The van der Waals surface area contributed by atoms with Gasteiger partial charge in [0.25, 0.3) is 0 Å². The minimum absolute atomic E-state index is 0.137. The van der Waals surface area contributed by atoms with E-state index in [1.807, 2.05) is 25.1 Å². The van der Waals surface area contributed by atoms with E-state index in [0.29, 0.717) is 31.9 Å². The minimum Gasteiger partial charge on any atom is -0.493 e. The van der Waals surface area contributed by atoms with Crippen LogP contribution in [0.3, 0.4) is 0 Å². The Labute approximate surface area is 119 Å². The maximum Gasteiger partial charge on any atom is 0.165 e. The average Bonchev–Trinajstić information content (AvgIpc) is 2.78. The number of hydrogen-bond acceptors (Lipinski definition) is 5. The highest BCUT2D eigenvalue weighted by Gasteiger charge is 2.38. The highest BCUT2D eigenvalue weighted by atomic mass is 16.5. The quantitative estimate of drug-likeness (QED) is 0.824. The molecule has 20 heavy (non-hydrogen) atoms. The van der Waals surface area contributed by atoms with Crippen LogP contribution in [-0.4, -0.2) is 44.2 Å². The fourth-order valence-electron chi connectivity index (χ4n) is 2.51. The fourth-order valence-corrected chi connectivity index (χ4v) is 2.51. The van der Waals surface area contributed by atoms with Crippen molar-refractivity contribution in [1.82, 2.24) is 5.32 Å². The number of nitrogens with one attached hydrogen (secondary N) is 1. The second-order valence-corrected chi connectivity index (χ2v) is 5.12. The van der Waals surface area contributed by atoms with Crippen molar-refractivity contribution in [3.05, 3.63) is 23.8 Å². The van der Waals surface area contributed by atoms with Crippen molar-refractivity contribution in [2.45, 2.75) is 31.6 Å². The maximum atomic E-state index is 10.4. The highest BCUT2D eigenvalue weighted by molar-refractivity contribution is 5.46. The molecular formula is C15H23NO4. The molecule has 2 unspecified atom stereocenters. The molecule has 112 valence electrons. The van der Waals surface area contributed by atoms with Gasteiger partial charge in [-0.2, -0.15) is 0 Å². The van der Waals surface area contributed by atoms with Gasteiger partial charge in [-0.1, -0.05) is 12.1 Å². The Bertz CT molecular complexity index is 451. The van der Waals surface area contributed by atoms with Crippen LogP contribution in [0.2, 0.25) is 0 Å². The Morgan fingerprint density at radius 2 is 2.20 bits per heavy atom. The van der Waals surface area contributed by atoms with Crippen LogP contribution in [0, 0.1) is 0 Å². The smallest absolute Gasteiger partial charge is 0.165 e. The Balaban J connectivity index is 1.97. The normalized spacial score (nSPS) is 25.7. The van der Waals surface area contributed by atoms with Crippen LogP contribution in [0.15, 0.2) is 18.2 Å². The van der Waals surface area contributed by atoms with E-state index < -0.39 is 5.60 Å². The van der Waals surface area contributed by atoms with Crippen molar-refractivity contribution in [3.8, 4) is 11.5 Å². The summed E-state index contributed by atoms with van der Waals surface area (Å²) >= 11 is 0. The molecular weight excluding hydrogens is 258 g/mol. The first-order valence-corrected chi connectivity index (χ1v) is 6.85. The number of aliphatic hydroxyl groups is 1. The molecule has 1 aromatic rings. The molecule has 1 fully saturated rings. The summed E-state index contributed by atoms with van der Waals surface area (Å²) in [6, 6.07) is 5.77. The number of para-hydroxylation sites is 1. The first-order chi connectivity index (χ1) is 9.60. The molecule has 1 aliphatic heterocycles. The van der Waals surface area contributed by atoms with Crippen LogP contribution in [0.1, 0.15) is 18.9 Å². The largest absolute Gasteiger partial charge is 0.493 e. The van der Waals surface area contributed by atoms with E-state index in [1.165, 1.54) is 0 Å². The Hall–Kier alpha value is -1.30. The molecule has 1 aliphatic rings. The third-order valence-corrected chi connectivity index (χ3v) is 3.89. The van der Waals surface area contributed by atoms with Gasteiger partial charge in [0, 0.05) is 31.7 Å². The zero-order valence-corrected chi connectivity index (χ0v) is 12.3. The molecule has 5 heteroatoms. The molecule has 0 aliphatic carbocycles. The predicted molar refractivity (Wildman–Crippen MR) is 76.2 cm³/mol. The average molecular weight is 281 g/mol. The Morgan fingerprint density at radius 3 is 2.80 bits per heavy atom. The summed E-state index contributed by atoms with van der Waals surface area (Å²) in [6.07, 6.45) is 0.526. The highest BCUT2D eigenvalue weighted by Crippen LogP contribution is 2.31. The van der Waals surface area contributed by atoms with Crippen LogP contribution < -0.4 is 14.8 Å². The summed E-state index contributed by atoms with van der Waals surface area (Å²) in [6.45, 7) is 3.62. The number of ether oxygens (including phenoxy) is 3. The van der Waals surface area contributed by atoms with Crippen LogP contribution in [0.4, 0.5) is 0 Å². The van der Waals surface area contributed by atoms with E-state index in [2.05, 4.69) is 5.32 Å². The van der Waals surface area contributed by atoms with Crippen molar-refractivity contribution in [1.29, 1.82) is 0 Å². The standard InChI is InChI=1S/C15H23NO4/c1-11-15(17,7-8-20-11)10-16-9-12-5-4-6-13(18-2)14(12)19-3/h4-6,11,16-17H,7-10H2,1-3H3. The second-order valence-electron chi connectivity index (χ2n) is 5.12. The second kappa shape index (κ2) is 6.43. The third-order valence-electron chi connectivity index (χ3n) is 3.89. The molecule has 0 radical (unpaired) electrons. The lowest BCUT2D eigenvalue weighted by Crippen LogP contribution is -2.45. The van der Waals surface area contributed by atoms with Gasteiger partial charge >= 0.3 is 0 Å². The van der Waals surface area contributed by atoms with Crippen LogP contribution in [0.25, 0.3) is 0 Å². The van der Waals surface area contributed by atoms with Crippen LogP contribution in [-0.2, 0) is 11.3 Å². The van der Waals surface area contributed by atoms with Crippen LogP contribution in [0.5, 0.6) is 11.5 Å². The molecule has 1 aromatic carbocycles. The van der Waals surface area contributed by atoms with Crippen molar-refractivity contribution in [2.24, 2.45) is 0 Å². The van der Waals surface area contributed by atoms with Crippen molar-refractivity contribution >= 4 is 0 Å². The summed E-state index contributed by atoms with van der Waals surface area (Å²) < 4.78 is 16.1. The lowest BCUT2D eigenvalue weighted by molar-refractivity contribution is -0.0263. The van der Waals surface area contributed by atoms with E-state index in [0.717, 1.165) is 11.3 Å². The summed E-state index contributed by atoms with van der Waals surface area (Å²) in [5.41, 5.74) is 0.216. The van der Waals surface area contributed by atoms with Gasteiger partial charge in [-0.25, -0.2) is 0 Å². The van der Waals surface area contributed by atoms with Gasteiger partial charge < -0.3 is 24.6 Å². The number of hydrogen-bond donors (Lipinski definition) is 2. The number of rotatable bonds is 6. The van der Waals surface area contributed by atoms with Gasteiger partial charge in [-0.15, -0.1) is 0 Å². The summed E-state index contributed by atoms with van der Waals surface area (Å²) in [7, 11) is 3.25. The molecule has 0 spiro atoms. The van der Waals surface area contributed by atoms with Crippen molar-refractivity contribution in [3.63, 3.8) is 0 Å². The maximum absolute atomic E-state index is 10.4. The summed E-state index contributed by atoms with van der Waals surface area (Å²) in [5.74, 6) is 1.44. The lowest BCUT2D eigenvalue weighted by atomic mass is 9.96. The van der Waals surface area contributed by atoms with Gasteiger partial charge in [0.2, 0.25) is 0 Å². The molecule has 2 N–H and O–H groups in total. The zero-order valence-electron chi connectivity index (χ0n) is 12.3. The first-order valence-electron chi connectivity index (χ1n) is 6.85. The lowest BCUT2D eigenvalue weighted by Gasteiger charge is -2.26. The molecule has 1 heterocycles. The molecule has 1 saturated heterocycles. The minimum atomic E-state index is -0.786. The molecule has 0 aromatic heterocycles. The van der Waals surface area contributed by atoms with Gasteiger partial charge in [0.15, 0.2) is 11.5 Å². The third kappa shape index (κ3) is 3.06. The van der Waals surface area contributed by atoms with E-state index >= 15 is 0 Å². The molecule has 5 nitrogen and oxygen atoms in total. The Morgan fingerprint density at radius 1 is 1.40 bits per heavy atom. The predicted octanol–water partition coefficient (Wildman–Crippen LogP) is 1.33. The van der Waals surface area contributed by atoms with Gasteiger partial charge in [-0.3, -0.25) is 0 Å². The van der Waals surface area contributed by atoms with Gasteiger partial charge in [0.1, 0.15) is 5.60 Å². The molecule has 2 atom stereocenters. The monoisotopic (exact) mass is 281 g/mol. The van der Waals surface area contributed by atoms with E-state index in [-0.39, 0.29) is 6.10 Å². The van der Waals surface area contributed by atoms with Crippen molar-refractivity contribution in [2.75, 3.05) is 27.4 Å². The number of benzene rings is 1. The fraction of sp³-hybridized carbons (Fsp3) is 0.600. The summed E-state index contributed by atoms with van der Waals surface area (Å²) in [5, 5.41) is 13.7.